The molecule has 61 heavy (non-hydrogen) atoms. The number of rotatable bonds is 8. The molecule has 6 aromatic carbocycles. The lowest BCUT2D eigenvalue weighted by Crippen LogP contribution is -2.11. The number of nitrogens with zero attached hydrogens (tertiary/aromatic N) is 3. The van der Waals surface area contributed by atoms with Gasteiger partial charge in [-0.3, -0.25) is 9.55 Å². The van der Waals surface area contributed by atoms with Crippen LogP contribution in [0, 0.1) is 11.6 Å². The number of imidazole rings is 1. The first-order chi connectivity index (χ1) is 29.2. The molecule has 3 heterocycles. The smallest absolute Gasteiger partial charge is 0.149 e. The van der Waals surface area contributed by atoms with Crippen LogP contribution in [0.1, 0.15) is 77.0 Å². The summed E-state index contributed by atoms with van der Waals surface area (Å²) in [5.41, 5.74) is 12.9. The molecule has 0 unspecified atom stereocenters. The number of pyridine rings is 1. The van der Waals surface area contributed by atoms with Gasteiger partial charge < -0.3 is 9.52 Å². The van der Waals surface area contributed by atoms with E-state index >= 15 is 8.78 Å². The van der Waals surface area contributed by atoms with Crippen molar-refractivity contribution in [1.29, 1.82) is 0 Å². The third-order valence-corrected chi connectivity index (χ3v) is 11.6. The van der Waals surface area contributed by atoms with Crippen LogP contribution in [0.2, 0.25) is 0 Å². The minimum atomic E-state index is -0.669. The maximum atomic E-state index is 15.1. The summed E-state index contributed by atoms with van der Waals surface area (Å²) >= 11 is 0. The van der Waals surface area contributed by atoms with E-state index in [1.54, 1.807) is 12.3 Å². The summed E-state index contributed by atoms with van der Waals surface area (Å²) in [6, 6.07) is 40.3. The van der Waals surface area contributed by atoms with E-state index in [2.05, 4.69) is 108 Å². The van der Waals surface area contributed by atoms with Crippen LogP contribution in [0.3, 0.4) is 0 Å². The molecule has 0 spiro atoms. The van der Waals surface area contributed by atoms with Gasteiger partial charge >= 0.3 is 0 Å². The topological polar surface area (TPSA) is 64.1 Å². The molecule has 9 rings (SSSR count). The van der Waals surface area contributed by atoms with E-state index in [1.807, 2.05) is 54.7 Å². The summed E-state index contributed by atoms with van der Waals surface area (Å²) in [7, 11) is 0. The van der Waals surface area contributed by atoms with Crippen LogP contribution < -0.4 is 0 Å². The van der Waals surface area contributed by atoms with Gasteiger partial charge in [0.25, 0.3) is 0 Å². The number of phenolic OH excluding ortho intramolecular Hbond substituents is 1. The van der Waals surface area contributed by atoms with Crippen molar-refractivity contribution in [1.82, 2.24) is 14.5 Å². The molecule has 0 saturated carbocycles. The van der Waals surface area contributed by atoms with E-state index in [0.717, 1.165) is 67.5 Å². The monoisotopic (exact) mass is 807 g/mol. The summed E-state index contributed by atoms with van der Waals surface area (Å²) in [4.78, 5) is 10.4. The van der Waals surface area contributed by atoms with Crippen molar-refractivity contribution in [3.05, 3.63) is 168 Å². The fraction of sp³-hybridized carbons (Fsp3) is 0.185. The zero-order valence-corrected chi connectivity index (χ0v) is 35.4. The Balaban J connectivity index is 1.42. The van der Waals surface area contributed by atoms with E-state index in [-0.39, 0.29) is 23.0 Å². The summed E-state index contributed by atoms with van der Waals surface area (Å²) in [6.07, 6.45) is 3.41. The number of aromatic hydroxyl groups is 1. The number of benzene rings is 6. The van der Waals surface area contributed by atoms with Crippen LogP contribution in [0.15, 0.2) is 144 Å². The second-order valence-electron chi connectivity index (χ2n) is 17.6. The zero-order chi connectivity index (χ0) is 42.7. The second-order valence-corrected chi connectivity index (χ2v) is 17.6. The van der Waals surface area contributed by atoms with Gasteiger partial charge in [-0.25, -0.2) is 13.8 Å². The normalized spacial score (nSPS) is 12.0. The molecule has 0 saturated heterocycles. The van der Waals surface area contributed by atoms with Gasteiger partial charge in [0, 0.05) is 23.4 Å². The summed E-state index contributed by atoms with van der Waals surface area (Å²) in [6.45, 7) is 15.2. The van der Waals surface area contributed by atoms with Gasteiger partial charge in [-0.1, -0.05) is 103 Å². The molecule has 0 aliphatic rings. The molecule has 0 fully saturated rings. The molecule has 0 bridgehead atoms. The van der Waals surface area contributed by atoms with Crippen molar-refractivity contribution in [2.75, 3.05) is 0 Å². The van der Waals surface area contributed by atoms with Crippen molar-refractivity contribution in [3.8, 4) is 67.5 Å². The highest BCUT2D eigenvalue weighted by Crippen LogP contribution is 2.46. The lowest BCUT2D eigenvalue weighted by Gasteiger charge is -2.23. The molecular formula is C54H47F2N3O2. The average Bonchev–Trinajstić information content (AvgIpc) is 3.88. The predicted octanol–water partition coefficient (Wildman–Crippen LogP) is 15.0. The van der Waals surface area contributed by atoms with E-state index in [4.69, 9.17) is 14.4 Å². The number of hydrogen-bond acceptors (Lipinski definition) is 4. The molecule has 5 nitrogen and oxygen atoms in total. The Morgan fingerprint density at radius 3 is 2.00 bits per heavy atom. The highest BCUT2D eigenvalue weighted by atomic mass is 19.1. The second kappa shape index (κ2) is 15.3. The van der Waals surface area contributed by atoms with Crippen LogP contribution >= 0.6 is 0 Å². The molecule has 0 atom stereocenters. The number of hydrogen-bond donors (Lipinski definition) is 1. The molecule has 0 aliphatic heterocycles. The van der Waals surface area contributed by atoms with Crippen LogP contribution in [-0.4, -0.2) is 19.6 Å². The highest BCUT2D eigenvalue weighted by molar-refractivity contribution is 6.01. The number of fused-ring (bicyclic) bond motifs is 2. The van der Waals surface area contributed by atoms with E-state index in [1.165, 1.54) is 12.1 Å². The fourth-order valence-electron chi connectivity index (χ4n) is 8.43. The minimum Gasteiger partial charge on any atom is -0.506 e. The zero-order valence-electron chi connectivity index (χ0n) is 35.4. The Kier molecular flexibility index (Phi) is 9.94. The lowest BCUT2D eigenvalue weighted by molar-refractivity contribution is 0.482. The van der Waals surface area contributed by atoms with Crippen LogP contribution in [0.4, 0.5) is 8.78 Å². The van der Waals surface area contributed by atoms with Gasteiger partial charge in [0.1, 0.15) is 28.8 Å². The number of para-hydroxylation sites is 1. The van der Waals surface area contributed by atoms with Crippen molar-refractivity contribution in [3.63, 3.8) is 0 Å². The highest BCUT2D eigenvalue weighted by Gasteiger charge is 2.27. The van der Waals surface area contributed by atoms with Crippen molar-refractivity contribution >= 4 is 22.0 Å². The lowest BCUT2D eigenvalue weighted by atomic mass is 9.83. The largest absolute Gasteiger partial charge is 0.506 e. The molecule has 0 amide bonds. The molecule has 9 aromatic rings. The standard InChI is InChI=1S/C54H47F2N3O2/c1-31(2)42-14-11-15-43(32(3)4)51(42)59-48-29-36(35-25-40(55)30-41(56)26-35)27-46(50(48)58-53(59)45-16-17-49-44(52(45)60)19-21-61-49)37-22-38(24-39(23-37)54(5,6)7)47-28-34(18-20-57-47)33-12-9-8-10-13-33/h8-32,60H,1-7H3. The summed E-state index contributed by atoms with van der Waals surface area (Å²) in [5, 5.41) is 12.6. The molecule has 1 N–H and O–H groups in total. The van der Waals surface area contributed by atoms with E-state index in [9.17, 15) is 5.11 Å². The Hall–Kier alpha value is -6.86. The van der Waals surface area contributed by atoms with E-state index < -0.39 is 11.6 Å². The van der Waals surface area contributed by atoms with Gasteiger partial charge in [-0.2, -0.15) is 0 Å². The van der Waals surface area contributed by atoms with Crippen molar-refractivity contribution in [2.24, 2.45) is 0 Å². The number of phenols is 1. The molecule has 7 heteroatoms. The Labute approximate surface area is 355 Å². The Morgan fingerprint density at radius 2 is 1.31 bits per heavy atom. The molecule has 0 radical (unpaired) electrons. The van der Waals surface area contributed by atoms with Crippen LogP contribution in [0.5, 0.6) is 5.75 Å². The number of halogens is 2. The SMILES string of the molecule is CC(C)c1cccc(C(C)C)c1-n1c(-c2ccc3occc3c2O)nc2c(-c3cc(-c4cc(-c5ccccc5)ccn4)cc(C(C)(C)C)c3)cc(-c3cc(F)cc(F)c3)cc21. The number of aromatic nitrogens is 3. The Bertz CT molecular complexity index is 3070. The predicted molar refractivity (Wildman–Crippen MR) is 244 cm³/mol. The van der Waals surface area contributed by atoms with Gasteiger partial charge in [0.05, 0.1) is 39.6 Å². The maximum absolute atomic E-state index is 15.1. The van der Waals surface area contributed by atoms with Gasteiger partial charge in [0.15, 0.2) is 0 Å². The quantitative estimate of drug-likeness (QED) is 0.166. The Morgan fingerprint density at radius 1 is 0.623 bits per heavy atom. The van der Waals surface area contributed by atoms with Gasteiger partial charge in [-0.15, -0.1) is 0 Å². The fourth-order valence-corrected chi connectivity index (χ4v) is 8.43. The summed E-state index contributed by atoms with van der Waals surface area (Å²) in [5.74, 6) is -0.524. The molecule has 304 valence electrons. The first-order valence-corrected chi connectivity index (χ1v) is 20.8. The number of furan rings is 1. The third-order valence-electron chi connectivity index (χ3n) is 11.6. The van der Waals surface area contributed by atoms with Gasteiger partial charge in [0.2, 0.25) is 0 Å². The molecule has 0 aliphatic carbocycles. The van der Waals surface area contributed by atoms with E-state index in [0.29, 0.717) is 39.0 Å². The summed E-state index contributed by atoms with van der Waals surface area (Å²) < 4.78 is 38.1. The minimum absolute atomic E-state index is 0.0475. The third kappa shape index (κ3) is 7.28. The molecule has 3 aromatic heterocycles. The first kappa shape index (κ1) is 39.6. The van der Waals surface area contributed by atoms with Crippen LogP contribution in [0.25, 0.3) is 83.7 Å². The van der Waals surface area contributed by atoms with Gasteiger partial charge in [-0.05, 0) is 128 Å². The van der Waals surface area contributed by atoms with Crippen LogP contribution in [-0.2, 0) is 5.41 Å². The molecular weight excluding hydrogens is 761 g/mol. The van der Waals surface area contributed by atoms with Crippen molar-refractivity contribution < 1.29 is 18.3 Å². The van der Waals surface area contributed by atoms with Crippen molar-refractivity contribution in [2.45, 2.75) is 65.7 Å². The first-order valence-electron chi connectivity index (χ1n) is 20.8. The average molecular weight is 808 g/mol. The maximum Gasteiger partial charge on any atom is 0.149 e.